The van der Waals surface area contributed by atoms with Gasteiger partial charge in [0.2, 0.25) is 11.8 Å². The summed E-state index contributed by atoms with van der Waals surface area (Å²) in [7, 11) is 0. The van der Waals surface area contributed by atoms with Gasteiger partial charge in [-0.1, -0.05) is 11.6 Å². The van der Waals surface area contributed by atoms with Gasteiger partial charge in [-0.2, -0.15) is 0 Å². The van der Waals surface area contributed by atoms with Crippen LogP contribution in [0.4, 0.5) is 11.4 Å². The average Bonchev–Trinajstić information content (AvgIpc) is 2.66. The lowest BCUT2D eigenvalue weighted by atomic mass is 10.0. The van der Waals surface area contributed by atoms with E-state index in [0.717, 1.165) is 16.8 Å². The van der Waals surface area contributed by atoms with Crippen LogP contribution in [0.15, 0.2) is 36.4 Å². The quantitative estimate of drug-likeness (QED) is 0.792. The molecule has 0 saturated carbocycles. The number of hydrogen-bond donors (Lipinski definition) is 2. The van der Waals surface area contributed by atoms with Crippen LogP contribution in [-0.4, -0.2) is 25.0 Å². The highest BCUT2D eigenvalue weighted by Gasteiger charge is 2.16. The van der Waals surface area contributed by atoms with Gasteiger partial charge in [-0.25, -0.2) is 0 Å². The summed E-state index contributed by atoms with van der Waals surface area (Å²) in [6.45, 7) is 0.935. The van der Waals surface area contributed by atoms with Crippen LogP contribution in [0.2, 0.25) is 5.02 Å². The highest BCUT2D eigenvalue weighted by molar-refractivity contribution is 6.32. The molecular formula is C20H17ClN2O4. The van der Waals surface area contributed by atoms with Gasteiger partial charge >= 0.3 is 0 Å². The monoisotopic (exact) mass is 384 g/mol. The number of hydrogen-bond acceptors (Lipinski definition) is 4. The molecule has 0 fully saturated rings. The van der Waals surface area contributed by atoms with E-state index in [1.165, 1.54) is 6.08 Å². The second-order valence-corrected chi connectivity index (χ2v) is 6.68. The third-order valence-corrected chi connectivity index (χ3v) is 4.60. The van der Waals surface area contributed by atoms with E-state index in [9.17, 15) is 9.59 Å². The van der Waals surface area contributed by atoms with Crippen molar-refractivity contribution in [2.24, 2.45) is 0 Å². The van der Waals surface area contributed by atoms with Crippen LogP contribution in [0, 0.1) is 0 Å². The van der Waals surface area contributed by atoms with Crippen molar-refractivity contribution in [2.45, 2.75) is 12.8 Å². The van der Waals surface area contributed by atoms with Crippen molar-refractivity contribution in [1.29, 1.82) is 0 Å². The molecule has 27 heavy (non-hydrogen) atoms. The number of nitrogens with one attached hydrogen (secondary N) is 2. The number of rotatable bonds is 3. The first-order valence-electron chi connectivity index (χ1n) is 8.59. The van der Waals surface area contributed by atoms with E-state index in [4.69, 9.17) is 21.1 Å². The van der Waals surface area contributed by atoms with Crippen LogP contribution >= 0.6 is 11.6 Å². The molecule has 2 aromatic carbocycles. The first-order chi connectivity index (χ1) is 13.1. The van der Waals surface area contributed by atoms with E-state index in [1.54, 1.807) is 30.3 Å². The topological polar surface area (TPSA) is 76.7 Å². The minimum atomic E-state index is -0.263. The summed E-state index contributed by atoms with van der Waals surface area (Å²) in [6.07, 6.45) is 4.21. The van der Waals surface area contributed by atoms with Crippen molar-refractivity contribution < 1.29 is 19.1 Å². The predicted octanol–water partition coefficient (Wildman–Crippen LogP) is 3.65. The minimum Gasteiger partial charge on any atom is -0.486 e. The lowest BCUT2D eigenvalue weighted by molar-refractivity contribution is -0.116. The number of carbonyl (C=O) groups is 2. The minimum absolute atomic E-state index is 0.0142. The van der Waals surface area contributed by atoms with E-state index < -0.39 is 0 Å². The summed E-state index contributed by atoms with van der Waals surface area (Å²) < 4.78 is 11.0. The fourth-order valence-corrected chi connectivity index (χ4v) is 3.32. The second-order valence-electron chi connectivity index (χ2n) is 6.27. The van der Waals surface area contributed by atoms with Crippen molar-refractivity contribution in [1.82, 2.24) is 0 Å². The van der Waals surface area contributed by atoms with E-state index in [2.05, 4.69) is 10.6 Å². The molecule has 0 atom stereocenters. The standard InChI is InChI=1S/C20H17ClN2O4/c21-15-9-12(10-17-20(15)27-8-7-26-17)1-5-18(24)22-14-3-4-16-13(11-14)2-6-19(25)23-16/h1,3-5,9-11H,2,6-8H2,(H,22,24)(H,23,25)/b5-1+. The lowest BCUT2D eigenvalue weighted by Crippen LogP contribution is -2.19. The van der Waals surface area contributed by atoms with Crippen LogP contribution in [-0.2, 0) is 16.0 Å². The summed E-state index contributed by atoms with van der Waals surface area (Å²) in [6, 6.07) is 8.94. The number of fused-ring (bicyclic) bond motifs is 2. The van der Waals surface area contributed by atoms with Gasteiger partial charge < -0.3 is 20.1 Å². The molecule has 0 unspecified atom stereocenters. The van der Waals surface area contributed by atoms with E-state index in [-0.39, 0.29) is 11.8 Å². The number of halogens is 1. The summed E-state index contributed by atoms with van der Waals surface area (Å²) in [5, 5.41) is 6.09. The smallest absolute Gasteiger partial charge is 0.248 e. The number of benzene rings is 2. The Morgan fingerprint density at radius 3 is 2.89 bits per heavy atom. The van der Waals surface area contributed by atoms with Crippen molar-refractivity contribution in [3.8, 4) is 11.5 Å². The molecule has 7 heteroatoms. The first-order valence-corrected chi connectivity index (χ1v) is 8.97. The maximum atomic E-state index is 12.2. The number of carbonyl (C=O) groups excluding carboxylic acids is 2. The normalized spacial score (nSPS) is 15.2. The Balaban J connectivity index is 1.45. The maximum Gasteiger partial charge on any atom is 0.248 e. The Bertz CT molecular complexity index is 955. The van der Waals surface area contributed by atoms with Crippen molar-refractivity contribution >= 4 is 40.9 Å². The van der Waals surface area contributed by atoms with Crippen LogP contribution < -0.4 is 20.1 Å². The highest BCUT2D eigenvalue weighted by atomic mass is 35.5. The summed E-state index contributed by atoms with van der Waals surface area (Å²) in [5.74, 6) is 0.859. The number of amides is 2. The Hall–Kier alpha value is -2.99. The molecule has 2 amide bonds. The van der Waals surface area contributed by atoms with Crippen LogP contribution in [0.3, 0.4) is 0 Å². The molecule has 0 aliphatic carbocycles. The molecule has 2 N–H and O–H groups in total. The van der Waals surface area contributed by atoms with Crippen molar-refractivity contribution in [2.75, 3.05) is 23.8 Å². The van der Waals surface area contributed by atoms with Gasteiger partial charge in [0.15, 0.2) is 11.5 Å². The van der Waals surface area contributed by atoms with Gasteiger partial charge in [0.05, 0.1) is 5.02 Å². The first kappa shape index (κ1) is 17.4. The molecule has 4 rings (SSSR count). The van der Waals surface area contributed by atoms with Gasteiger partial charge in [-0.3, -0.25) is 9.59 Å². The molecule has 2 heterocycles. The van der Waals surface area contributed by atoms with Gasteiger partial charge in [0.25, 0.3) is 0 Å². The Morgan fingerprint density at radius 2 is 2.00 bits per heavy atom. The van der Waals surface area contributed by atoms with Gasteiger partial charge in [-0.15, -0.1) is 0 Å². The number of anilines is 2. The van der Waals surface area contributed by atoms with E-state index in [0.29, 0.717) is 48.3 Å². The summed E-state index contributed by atoms with van der Waals surface area (Å²) >= 11 is 6.20. The SMILES string of the molecule is O=C(/C=C/c1cc(Cl)c2c(c1)OCCO2)Nc1ccc2c(c1)CCC(=O)N2. The molecule has 2 aromatic rings. The van der Waals surface area contributed by atoms with Crippen LogP contribution in [0.25, 0.3) is 6.08 Å². The van der Waals surface area contributed by atoms with Crippen molar-refractivity contribution in [3.05, 3.63) is 52.6 Å². The third kappa shape index (κ3) is 3.90. The number of ether oxygens (including phenoxy) is 2. The molecule has 2 aliphatic rings. The zero-order valence-electron chi connectivity index (χ0n) is 14.4. The molecule has 138 valence electrons. The van der Waals surface area contributed by atoms with Gasteiger partial charge in [-0.05, 0) is 54.0 Å². The zero-order valence-corrected chi connectivity index (χ0v) is 15.1. The van der Waals surface area contributed by atoms with Crippen LogP contribution in [0.5, 0.6) is 11.5 Å². The lowest BCUT2D eigenvalue weighted by Gasteiger charge is -2.19. The van der Waals surface area contributed by atoms with Crippen molar-refractivity contribution in [3.63, 3.8) is 0 Å². The molecule has 0 aromatic heterocycles. The highest BCUT2D eigenvalue weighted by Crippen LogP contribution is 2.38. The average molecular weight is 385 g/mol. The Morgan fingerprint density at radius 1 is 1.15 bits per heavy atom. The molecule has 0 radical (unpaired) electrons. The molecule has 2 aliphatic heterocycles. The fourth-order valence-electron chi connectivity index (χ4n) is 3.04. The van der Waals surface area contributed by atoms with E-state index >= 15 is 0 Å². The third-order valence-electron chi connectivity index (χ3n) is 4.31. The zero-order chi connectivity index (χ0) is 18.8. The number of aryl methyl sites for hydroxylation is 1. The molecule has 6 nitrogen and oxygen atoms in total. The molecule has 0 saturated heterocycles. The summed E-state index contributed by atoms with van der Waals surface area (Å²) in [4.78, 5) is 23.6. The largest absolute Gasteiger partial charge is 0.486 e. The van der Waals surface area contributed by atoms with Gasteiger partial charge in [0.1, 0.15) is 13.2 Å². The molecule has 0 spiro atoms. The Labute approximate surface area is 161 Å². The molecular weight excluding hydrogens is 368 g/mol. The molecule has 0 bridgehead atoms. The Kier molecular flexibility index (Phi) is 4.73. The van der Waals surface area contributed by atoms with Crippen LogP contribution in [0.1, 0.15) is 17.5 Å². The second kappa shape index (κ2) is 7.32. The predicted molar refractivity (Wildman–Crippen MR) is 103 cm³/mol. The summed E-state index contributed by atoms with van der Waals surface area (Å²) in [5.41, 5.74) is 3.23. The fraction of sp³-hybridized carbons (Fsp3) is 0.200. The van der Waals surface area contributed by atoms with Gasteiger partial charge in [0, 0.05) is 23.9 Å². The van der Waals surface area contributed by atoms with E-state index in [1.807, 2.05) is 6.07 Å². The maximum absolute atomic E-state index is 12.2.